The molecule has 0 bridgehead atoms. The molecule has 0 unspecified atom stereocenters. The minimum absolute atomic E-state index is 0.0547. The molecular weight excluding hydrogens is 342 g/mol. The lowest BCUT2D eigenvalue weighted by Gasteiger charge is -2.22. The summed E-state index contributed by atoms with van der Waals surface area (Å²) in [5, 5.41) is 2.81. The van der Waals surface area contributed by atoms with Crippen molar-refractivity contribution in [1.29, 1.82) is 0 Å². The van der Waals surface area contributed by atoms with Gasteiger partial charge in [-0.15, -0.1) is 0 Å². The molecule has 1 N–H and O–H groups in total. The van der Waals surface area contributed by atoms with E-state index in [0.717, 1.165) is 11.4 Å². The van der Waals surface area contributed by atoms with E-state index in [9.17, 15) is 9.59 Å². The molecule has 6 nitrogen and oxygen atoms in total. The van der Waals surface area contributed by atoms with Gasteiger partial charge in [-0.25, -0.2) is 0 Å². The summed E-state index contributed by atoms with van der Waals surface area (Å²) in [4.78, 5) is 27.8. The second-order valence-corrected chi connectivity index (χ2v) is 6.76. The number of nitrogens with zero attached hydrogens (tertiary/aromatic N) is 2. The highest BCUT2D eigenvalue weighted by Gasteiger charge is 2.16. The molecule has 0 aliphatic heterocycles. The van der Waals surface area contributed by atoms with E-state index < -0.39 is 0 Å². The lowest BCUT2D eigenvalue weighted by atomic mass is 10.2. The van der Waals surface area contributed by atoms with Crippen molar-refractivity contribution in [1.82, 2.24) is 0 Å². The zero-order chi connectivity index (χ0) is 20.0. The van der Waals surface area contributed by atoms with Crippen molar-refractivity contribution in [2.24, 2.45) is 0 Å². The molecule has 0 spiro atoms. The topological polar surface area (TPSA) is 61.9 Å². The molecule has 0 heterocycles. The first-order chi connectivity index (χ1) is 12.8. The van der Waals surface area contributed by atoms with E-state index in [2.05, 4.69) is 5.32 Å². The number of hydrogen-bond acceptors (Lipinski definition) is 4. The Balaban J connectivity index is 2.03. The second kappa shape index (κ2) is 9.07. The zero-order valence-corrected chi connectivity index (χ0v) is 16.5. The Labute approximate surface area is 160 Å². The number of ether oxygens (including phenoxy) is 1. The summed E-state index contributed by atoms with van der Waals surface area (Å²) in [6, 6.07) is 14.7. The van der Waals surface area contributed by atoms with E-state index in [1.54, 1.807) is 24.3 Å². The SMILES string of the molecule is CC(=O)N(CC(=O)Nc1ccc(OC(C)C)cc1)c1ccc(N(C)C)cc1. The second-order valence-electron chi connectivity index (χ2n) is 6.76. The number of amides is 2. The molecule has 0 saturated heterocycles. The third kappa shape index (κ3) is 6.02. The molecule has 0 saturated carbocycles. The van der Waals surface area contributed by atoms with Crippen LogP contribution in [-0.2, 0) is 9.59 Å². The highest BCUT2D eigenvalue weighted by molar-refractivity contribution is 6.01. The standard InChI is InChI=1S/C21H27N3O3/c1-15(2)27-20-12-6-17(7-13-20)22-21(26)14-24(16(3)25)19-10-8-18(9-11-19)23(4)5/h6-13,15H,14H2,1-5H3,(H,22,26). The van der Waals surface area contributed by atoms with Gasteiger partial charge in [-0.3, -0.25) is 9.59 Å². The van der Waals surface area contributed by atoms with Crippen molar-refractivity contribution < 1.29 is 14.3 Å². The highest BCUT2D eigenvalue weighted by Crippen LogP contribution is 2.20. The molecule has 2 amide bonds. The summed E-state index contributed by atoms with van der Waals surface area (Å²) in [5.41, 5.74) is 2.36. The van der Waals surface area contributed by atoms with Crippen molar-refractivity contribution in [2.45, 2.75) is 26.9 Å². The zero-order valence-electron chi connectivity index (χ0n) is 16.5. The van der Waals surface area contributed by atoms with Gasteiger partial charge < -0.3 is 19.9 Å². The Morgan fingerprint density at radius 3 is 2.00 bits per heavy atom. The molecule has 2 aromatic carbocycles. The lowest BCUT2D eigenvalue weighted by Crippen LogP contribution is -2.36. The molecule has 2 rings (SSSR count). The van der Waals surface area contributed by atoms with E-state index >= 15 is 0 Å². The largest absolute Gasteiger partial charge is 0.491 e. The van der Waals surface area contributed by atoms with Crippen LogP contribution in [-0.4, -0.2) is 38.6 Å². The van der Waals surface area contributed by atoms with Gasteiger partial charge >= 0.3 is 0 Å². The average Bonchev–Trinajstić information content (AvgIpc) is 2.61. The molecular formula is C21H27N3O3. The maximum Gasteiger partial charge on any atom is 0.244 e. The van der Waals surface area contributed by atoms with Gasteiger partial charge in [0.2, 0.25) is 11.8 Å². The van der Waals surface area contributed by atoms with Crippen LogP contribution in [0.15, 0.2) is 48.5 Å². The van der Waals surface area contributed by atoms with Gasteiger partial charge in [-0.05, 0) is 62.4 Å². The third-order valence-electron chi connectivity index (χ3n) is 3.87. The molecule has 0 aromatic heterocycles. The first-order valence-corrected chi connectivity index (χ1v) is 8.88. The van der Waals surface area contributed by atoms with Gasteiger partial charge in [0.25, 0.3) is 0 Å². The Hall–Kier alpha value is -3.02. The van der Waals surface area contributed by atoms with Crippen LogP contribution in [0.25, 0.3) is 0 Å². The van der Waals surface area contributed by atoms with Crippen LogP contribution in [0.3, 0.4) is 0 Å². The molecule has 0 radical (unpaired) electrons. The fourth-order valence-electron chi connectivity index (χ4n) is 2.55. The van der Waals surface area contributed by atoms with Crippen LogP contribution in [0.5, 0.6) is 5.75 Å². The van der Waals surface area contributed by atoms with Crippen molar-refractivity contribution in [3.8, 4) is 5.75 Å². The van der Waals surface area contributed by atoms with E-state index in [1.165, 1.54) is 11.8 Å². The first kappa shape index (κ1) is 20.3. The summed E-state index contributed by atoms with van der Waals surface area (Å²) < 4.78 is 5.59. The monoisotopic (exact) mass is 369 g/mol. The quantitative estimate of drug-likeness (QED) is 0.811. The predicted molar refractivity (Wildman–Crippen MR) is 110 cm³/mol. The smallest absolute Gasteiger partial charge is 0.244 e. The number of rotatable bonds is 7. The summed E-state index contributed by atoms with van der Waals surface area (Å²) >= 11 is 0. The van der Waals surface area contributed by atoms with Crippen LogP contribution >= 0.6 is 0 Å². The number of anilines is 3. The first-order valence-electron chi connectivity index (χ1n) is 8.88. The van der Waals surface area contributed by atoms with Crippen molar-refractivity contribution in [3.63, 3.8) is 0 Å². The highest BCUT2D eigenvalue weighted by atomic mass is 16.5. The minimum atomic E-state index is -0.264. The van der Waals surface area contributed by atoms with E-state index in [1.807, 2.05) is 57.1 Å². The van der Waals surface area contributed by atoms with Gasteiger partial charge in [0.1, 0.15) is 12.3 Å². The lowest BCUT2D eigenvalue weighted by molar-refractivity contribution is -0.120. The van der Waals surface area contributed by atoms with Crippen molar-refractivity contribution in [3.05, 3.63) is 48.5 Å². The number of carbonyl (C=O) groups excluding carboxylic acids is 2. The van der Waals surface area contributed by atoms with Gasteiger partial charge in [0.05, 0.1) is 6.10 Å². The molecule has 0 atom stereocenters. The van der Waals surface area contributed by atoms with Crippen LogP contribution < -0.4 is 19.9 Å². The number of benzene rings is 2. The van der Waals surface area contributed by atoms with Crippen LogP contribution in [0, 0.1) is 0 Å². The number of carbonyl (C=O) groups is 2. The Bertz CT molecular complexity index is 768. The van der Waals surface area contributed by atoms with Gasteiger partial charge in [0.15, 0.2) is 0 Å². The van der Waals surface area contributed by atoms with Gasteiger partial charge in [-0.2, -0.15) is 0 Å². The van der Waals surface area contributed by atoms with E-state index in [4.69, 9.17) is 4.74 Å². The minimum Gasteiger partial charge on any atom is -0.491 e. The summed E-state index contributed by atoms with van der Waals surface area (Å²) in [6.07, 6.45) is 0.0912. The fourth-order valence-corrected chi connectivity index (χ4v) is 2.55. The molecule has 27 heavy (non-hydrogen) atoms. The van der Waals surface area contributed by atoms with Crippen LogP contribution in [0.1, 0.15) is 20.8 Å². The van der Waals surface area contributed by atoms with Crippen molar-refractivity contribution >= 4 is 28.9 Å². The summed E-state index contributed by atoms with van der Waals surface area (Å²) in [5.74, 6) is 0.289. The Kier molecular flexibility index (Phi) is 6.82. The maximum absolute atomic E-state index is 12.4. The van der Waals surface area contributed by atoms with Gasteiger partial charge in [-0.1, -0.05) is 0 Å². The van der Waals surface area contributed by atoms with Crippen LogP contribution in [0.2, 0.25) is 0 Å². The summed E-state index contributed by atoms with van der Waals surface area (Å²) in [7, 11) is 3.89. The fraction of sp³-hybridized carbons (Fsp3) is 0.333. The Morgan fingerprint density at radius 2 is 1.52 bits per heavy atom. The van der Waals surface area contributed by atoms with Crippen LogP contribution in [0.4, 0.5) is 17.1 Å². The van der Waals surface area contributed by atoms with Gasteiger partial charge in [0, 0.05) is 38.1 Å². The Morgan fingerprint density at radius 1 is 0.963 bits per heavy atom. The third-order valence-corrected chi connectivity index (χ3v) is 3.87. The molecule has 6 heteroatoms. The predicted octanol–water partition coefficient (Wildman–Crippen LogP) is 3.53. The average molecular weight is 369 g/mol. The van der Waals surface area contributed by atoms with Crippen molar-refractivity contribution in [2.75, 3.05) is 35.8 Å². The molecule has 0 aliphatic carbocycles. The van der Waals surface area contributed by atoms with E-state index in [-0.39, 0.29) is 24.5 Å². The normalized spacial score (nSPS) is 10.4. The number of hydrogen-bond donors (Lipinski definition) is 1. The molecule has 0 aliphatic rings. The van der Waals surface area contributed by atoms with E-state index in [0.29, 0.717) is 11.4 Å². The summed E-state index contributed by atoms with van der Waals surface area (Å²) in [6.45, 7) is 5.31. The molecule has 2 aromatic rings. The maximum atomic E-state index is 12.4. The molecule has 144 valence electrons. The molecule has 0 fully saturated rings. The number of nitrogens with one attached hydrogen (secondary N) is 1.